The van der Waals surface area contributed by atoms with Gasteiger partial charge in [-0.15, -0.1) is 11.8 Å². The number of hydrogen-bond acceptors (Lipinski definition) is 5. The van der Waals surface area contributed by atoms with Crippen LogP contribution in [0.25, 0.3) is 10.8 Å². The van der Waals surface area contributed by atoms with Crippen LogP contribution in [0.15, 0.2) is 41.3 Å². The monoisotopic (exact) mass is 318 g/mol. The van der Waals surface area contributed by atoms with E-state index in [9.17, 15) is 9.59 Å². The van der Waals surface area contributed by atoms with E-state index in [0.717, 1.165) is 21.4 Å². The van der Waals surface area contributed by atoms with Gasteiger partial charge in [-0.3, -0.25) is 9.59 Å². The summed E-state index contributed by atoms with van der Waals surface area (Å²) >= 11 is 1.38. The van der Waals surface area contributed by atoms with Crippen molar-refractivity contribution in [2.45, 2.75) is 23.5 Å². The Kier molecular flexibility index (Phi) is 5.44. The molecule has 0 saturated heterocycles. The third kappa shape index (κ3) is 4.01. The van der Waals surface area contributed by atoms with E-state index in [-0.39, 0.29) is 18.2 Å². The summed E-state index contributed by atoms with van der Waals surface area (Å²) in [5, 5.41) is 1.70. The van der Waals surface area contributed by atoms with E-state index in [1.165, 1.54) is 25.8 Å². The van der Waals surface area contributed by atoms with Crippen molar-refractivity contribution in [3.63, 3.8) is 0 Å². The standard InChI is InChI=1S/C17H18O4S/c1-11(18)16(10-17(19)21-3)22-15-7-5-12-8-14(20-2)6-4-13(12)9-15/h4-9,16H,10H2,1-3H3. The summed E-state index contributed by atoms with van der Waals surface area (Å²) in [7, 11) is 2.96. The largest absolute Gasteiger partial charge is 0.497 e. The Morgan fingerprint density at radius 3 is 2.41 bits per heavy atom. The van der Waals surface area contributed by atoms with Gasteiger partial charge in [0.25, 0.3) is 0 Å². The summed E-state index contributed by atoms with van der Waals surface area (Å²) in [5.41, 5.74) is 0. The van der Waals surface area contributed by atoms with Gasteiger partial charge in [0.1, 0.15) is 11.5 Å². The molecule has 2 rings (SSSR count). The zero-order valence-corrected chi connectivity index (χ0v) is 13.6. The van der Waals surface area contributed by atoms with Crippen molar-refractivity contribution in [2.75, 3.05) is 14.2 Å². The smallest absolute Gasteiger partial charge is 0.307 e. The van der Waals surface area contributed by atoms with Crippen LogP contribution in [0.2, 0.25) is 0 Å². The van der Waals surface area contributed by atoms with Gasteiger partial charge in [-0.2, -0.15) is 0 Å². The van der Waals surface area contributed by atoms with Gasteiger partial charge in [0, 0.05) is 4.90 Å². The first-order valence-electron chi connectivity index (χ1n) is 6.85. The number of Topliss-reactive ketones (excluding diaryl/α,β-unsaturated/α-hetero) is 1. The molecule has 1 unspecified atom stereocenters. The Hall–Kier alpha value is -2.01. The molecule has 5 heteroatoms. The fourth-order valence-electron chi connectivity index (χ4n) is 2.07. The highest BCUT2D eigenvalue weighted by Crippen LogP contribution is 2.30. The van der Waals surface area contributed by atoms with Gasteiger partial charge in [0.2, 0.25) is 0 Å². The molecule has 2 aromatic carbocycles. The minimum absolute atomic E-state index is 0.0368. The van der Waals surface area contributed by atoms with E-state index in [1.807, 2.05) is 36.4 Å². The molecule has 0 N–H and O–H groups in total. The van der Waals surface area contributed by atoms with E-state index in [2.05, 4.69) is 4.74 Å². The lowest BCUT2D eigenvalue weighted by atomic mass is 10.1. The van der Waals surface area contributed by atoms with Crippen LogP contribution in [0.1, 0.15) is 13.3 Å². The minimum atomic E-state index is -0.428. The average Bonchev–Trinajstić information content (AvgIpc) is 2.53. The molecule has 22 heavy (non-hydrogen) atoms. The summed E-state index contributed by atoms with van der Waals surface area (Å²) in [6.07, 6.45) is 0.0805. The van der Waals surface area contributed by atoms with Crippen LogP contribution in [0.5, 0.6) is 5.75 Å². The number of esters is 1. The van der Waals surface area contributed by atoms with Crippen molar-refractivity contribution < 1.29 is 19.1 Å². The predicted octanol–water partition coefficient (Wildman–Crippen LogP) is 3.46. The lowest BCUT2D eigenvalue weighted by Crippen LogP contribution is -2.19. The first kappa shape index (κ1) is 16.4. The maximum absolute atomic E-state index is 11.7. The Bertz CT molecular complexity index is 696. The number of thioether (sulfide) groups is 1. The third-order valence-corrected chi connectivity index (χ3v) is 4.64. The summed E-state index contributed by atoms with van der Waals surface area (Å²) < 4.78 is 9.85. The lowest BCUT2D eigenvalue weighted by Gasteiger charge is -2.13. The SMILES string of the molecule is COC(=O)CC(Sc1ccc2cc(OC)ccc2c1)C(C)=O. The molecule has 116 valence electrons. The minimum Gasteiger partial charge on any atom is -0.497 e. The van der Waals surface area contributed by atoms with Crippen molar-refractivity contribution >= 4 is 34.3 Å². The van der Waals surface area contributed by atoms with E-state index in [0.29, 0.717) is 0 Å². The number of carbonyl (C=O) groups excluding carboxylic acids is 2. The molecule has 0 aliphatic carbocycles. The van der Waals surface area contributed by atoms with Gasteiger partial charge >= 0.3 is 5.97 Å². The van der Waals surface area contributed by atoms with E-state index < -0.39 is 5.25 Å². The molecule has 0 aliphatic heterocycles. The second-order valence-corrected chi connectivity index (χ2v) is 6.15. The molecule has 0 saturated carbocycles. The van der Waals surface area contributed by atoms with Crippen molar-refractivity contribution in [3.8, 4) is 5.75 Å². The highest BCUT2D eigenvalue weighted by Gasteiger charge is 2.20. The summed E-state index contributed by atoms with van der Waals surface area (Å²) in [6.45, 7) is 1.49. The first-order chi connectivity index (χ1) is 10.5. The number of ketones is 1. The molecule has 0 amide bonds. The average molecular weight is 318 g/mol. The zero-order valence-electron chi connectivity index (χ0n) is 12.8. The van der Waals surface area contributed by atoms with Crippen molar-refractivity contribution in [3.05, 3.63) is 36.4 Å². The molecule has 4 nitrogen and oxygen atoms in total. The number of benzene rings is 2. The lowest BCUT2D eigenvalue weighted by molar-refractivity contribution is -0.141. The molecular formula is C17H18O4S. The quantitative estimate of drug-likeness (QED) is 0.603. The molecule has 0 bridgehead atoms. The number of methoxy groups -OCH3 is 2. The third-order valence-electron chi connectivity index (χ3n) is 3.33. The van der Waals surface area contributed by atoms with E-state index in [4.69, 9.17) is 4.74 Å². The first-order valence-corrected chi connectivity index (χ1v) is 7.73. The number of fused-ring (bicyclic) bond motifs is 1. The van der Waals surface area contributed by atoms with Crippen molar-refractivity contribution in [1.29, 1.82) is 0 Å². The highest BCUT2D eigenvalue weighted by atomic mass is 32.2. The van der Waals surface area contributed by atoms with Gasteiger partial charge in [0.05, 0.1) is 25.9 Å². The Balaban J connectivity index is 2.22. The van der Waals surface area contributed by atoms with E-state index in [1.54, 1.807) is 7.11 Å². The molecule has 0 aliphatic rings. The highest BCUT2D eigenvalue weighted by molar-refractivity contribution is 8.00. The summed E-state index contributed by atoms with van der Waals surface area (Å²) in [4.78, 5) is 24.0. The fraction of sp³-hybridized carbons (Fsp3) is 0.294. The number of ether oxygens (including phenoxy) is 2. The van der Waals surface area contributed by atoms with Crippen LogP contribution in [-0.2, 0) is 14.3 Å². The van der Waals surface area contributed by atoms with E-state index >= 15 is 0 Å². The zero-order chi connectivity index (χ0) is 16.1. The second-order valence-electron chi connectivity index (χ2n) is 4.87. The van der Waals surface area contributed by atoms with Crippen LogP contribution < -0.4 is 4.74 Å². The molecule has 2 aromatic rings. The van der Waals surface area contributed by atoms with Gasteiger partial charge in [0.15, 0.2) is 0 Å². The maximum Gasteiger partial charge on any atom is 0.307 e. The number of carbonyl (C=O) groups is 2. The van der Waals surface area contributed by atoms with Gasteiger partial charge in [-0.05, 0) is 42.0 Å². The van der Waals surface area contributed by atoms with Crippen molar-refractivity contribution in [1.82, 2.24) is 0 Å². The van der Waals surface area contributed by atoms with Crippen LogP contribution in [0.4, 0.5) is 0 Å². The fourth-order valence-corrected chi connectivity index (χ4v) is 3.13. The molecule has 0 radical (unpaired) electrons. The van der Waals surface area contributed by atoms with Gasteiger partial charge in [-0.1, -0.05) is 12.1 Å². The summed E-state index contributed by atoms with van der Waals surface area (Å²) in [5.74, 6) is 0.392. The summed E-state index contributed by atoms with van der Waals surface area (Å²) in [6, 6.07) is 11.8. The molecule has 0 aromatic heterocycles. The Morgan fingerprint density at radius 1 is 1.09 bits per heavy atom. The van der Waals surface area contributed by atoms with Crippen LogP contribution in [-0.4, -0.2) is 31.2 Å². The topological polar surface area (TPSA) is 52.6 Å². The molecule has 1 atom stereocenters. The molecule has 0 heterocycles. The van der Waals surface area contributed by atoms with Gasteiger partial charge in [-0.25, -0.2) is 0 Å². The van der Waals surface area contributed by atoms with Crippen LogP contribution in [0.3, 0.4) is 0 Å². The number of hydrogen-bond donors (Lipinski definition) is 0. The Morgan fingerprint density at radius 2 is 1.77 bits per heavy atom. The normalized spacial score (nSPS) is 12.0. The van der Waals surface area contributed by atoms with Crippen LogP contribution >= 0.6 is 11.8 Å². The second kappa shape index (κ2) is 7.31. The predicted molar refractivity (Wildman–Crippen MR) is 87.5 cm³/mol. The maximum atomic E-state index is 11.7. The molecular weight excluding hydrogens is 300 g/mol. The van der Waals surface area contributed by atoms with Gasteiger partial charge < -0.3 is 9.47 Å². The number of rotatable bonds is 6. The molecule has 0 fully saturated rings. The molecule has 0 spiro atoms. The van der Waals surface area contributed by atoms with Crippen molar-refractivity contribution in [2.24, 2.45) is 0 Å². The Labute approximate surface area is 133 Å². The van der Waals surface area contributed by atoms with Crippen LogP contribution in [0, 0.1) is 0 Å².